The van der Waals surface area contributed by atoms with Gasteiger partial charge in [0.2, 0.25) is 5.91 Å². The van der Waals surface area contributed by atoms with Crippen LogP contribution in [0.2, 0.25) is 0 Å². The number of amides is 1. The first kappa shape index (κ1) is 13.5. The number of nitrogens with two attached hydrogens (primary N) is 1. The maximum atomic E-state index is 11.5. The zero-order chi connectivity index (χ0) is 13.0. The van der Waals surface area contributed by atoms with Gasteiger partial charge < -0.3 is 11.1 Å². The molecule has 18 heavy (non-hydrogen) atoms. The Hall–Kier alpha value is -0.910. The van der Waals surface area contributed by atoms with E-state index in [9.17, 15) is 4.79 Å². The molecule has 3 N–H and O–H groups in total. The Kier molecular flexibility index (Phi) is 4.74. The molecule has 100 valence electrons. The summed E-state index contributed by atoms with van der Waals surface area (Å²) in [6.07, 6.45) is 2.95. The fourth-order valence-corrected chi connectivity index (χ4v) is 2.87. The Morgan fingerprint density at radius 3 is 2.94 bits per heavy atom. The molecule has 0 radical (unpaired) electrons. The van der Waals surface area contributed by atoms with Crippen LogP contribution < -0.4 is 11.1 Å². The fourth-order valence-electron chi connectivity index (χ4n) is 2.21. The van der Waals surface area contributed by atoms with Crippen LogP contribution in [0.25, 0.3) is 0 Å². The highest BCUT2D eigenvalue weighted by Crippen LogP contribution is 2.31. The number of thiophene rings is 1. The average molecular weight is 267 g/mol. The highest BCUT2D eigenvalue weighted by Gasteiger charge is 2.34. The number of hydrogen-bond acceptors (Lipinski definition) is 4. The Bertz CT molecular complexity index is 376. The lowest BCUT2D eigenvalue weighted by atomic mass is 10.1. The molecule has 1 unspecified atom stereocenters. The van der Waals surface area contributed by atoms with E-state index in [1.807, 2.05) is 0 Å². The van der Waals surface area contributed by atoms with E-state index >= 15 is 0 Å². The van der Waals surface area contributed by atoms with E-state index in [0.717, 1.165) is 6.54 Å². The number of nitrogens with zero attached hydrogens (tertiary/aromatic N) is 1. The van der Waals surface area contributed by atoms with Gasteiger partial charge in [-0.1, -0.05) is 0 Å². The summed E-state index contributed by atoms with van der Waals surface area (Å²) < 4.78 is 0. The molecule has 1 fully saturated rings. The first-order valence-corrected chi connectivity index (χ1v) is 7.36. The molecule has 0 saturated heterocycles. The summed E-state index contributed by atoms with van der Waals surface area (Å²) in [5.74, 6) is 0.0708. The van der Waals surface area contributed by atoms with Gasteiger partial charge in [-0.25, -0.2) is 0 Å². The Balaban J connectivity index is 2.00. The summed E-state index contributed by atoms with van der Waals surface area (Å²) in [6, 6.07) is 2.91. The van der Waals surface area contributed by atoms with E-state index in [-0.39, 0.29) is 11.9 Å². The summed E-state index contributed by atoms with van der Waals surface area (Å²) in [5, 5.41) is 6.95. The predicted molar refractivity (Wildman–Crippen MR) is 74.4 cm³/mol. The van der Waals surface area contributed by atoms with Crippen molar-refractivity contribution in [1.82, 2.24) is 10.2 Å². The van der Waals surface area contributed by atoms with Gasteiger partial charge in [-0.05, 0) is 35.2 Å². The third-order valence-corrected chi connectivity index (χ3v) is 4.13. The molecule has 5 heteroatoms. The van der Waals surface area contributed by atoms with E-state index in [2.05, 4.69) is 27.0 Å². The SMILES string of the molecule is CNC(=O)CC(CN)N(Cc1ccsc1)C1CC1. The molecule has 2 rings (SSSR count). The smallest absolute Gasteiger partial charge is 0.221 e. The molecule has 0 bridgehead atoms. The third kappa shape index (κ3) is 3.54. The van der Waals surface area contributed by atoms with E-state index in [1.54, 1.807) is 18.4 Å². The molecule has 1 heterocycles. The van der Waals surface area contributed by atoms with Crippen LogP contribution in [0.5, 0.6) is 0 Å². The lowest BCUT2D eigenvalue weighted by molar-refractivity contribution is -0.121. The molecule has 0 spiro atoms. The normalized spacial score (nSPS) is 16.8. The van der Waals surface area contributed by atoms with Crippen LogP contribution in [0, 0.1) is 0 Å². The van der Waals surface area contributed by atoms with Gasteiger partial charge >= 0.3 is 0 Å². The number of rotatable bonds is 7. The third-order valence-electron chi connectivity index (χ3n) is 3.40. The topological polar surface area (TPSA) is 58.4 Å². The van der Waals surface area contributed by atoms with Crippen molar-refractivity contribution in [3.05, 3.63) is 22.4 Å². The number of carbonyl (C=O) groups excluding carboxylic acids is 1. The van der Waals surface area contributed by atoms with E-state index in [4.69, 9.17) is 5.73 Å². The maximum absolute atomic E-state index is 11.5. The zero-order valence-electron chi connectivity index (χ0n) is 10.8. The van der Waals surface area contributed by atoms with Gasteiger partial charge in [-0.15, -0.1) is 0 Å². The van der Waals surface area contributed by atoms with Crippen molar-refractivity contribution in [2.24, 2.45) is 5.73 Å². The minimum absolute atomic E-state index is 0.0708. The van der Waals surface area contributed by atoms with Crippen molar-refractivity contribution in [3.8, 4) is 0 Å². The van der Waals surface area contributed by atoms with Crippen LogP contribution >= 0.6 is 11.3 Å². The molecule has 1 atom stereocenters. The van der Waals surface area contributed by atoms with Gasteiger partial charge in [0, 0.05) is 38.6 Å². The van der Waals surface area contributed by atoms with Crippen LogP contribution in [0.1, 0.15) is 24.8 Å². The second-order valence-electron chi connectivity index (χ2n) is 4.80. The Morgan fingerprint density at radius 2 is 2.44 bits per heavy atom. The first-order chi connectivity index (χ1) is 8.74. The molecule has 1 aromatic heterocycles. The summed E-state index contributed by atoms with van der Waals surface area (Å²) in [5.41, 5.74) is 7.17. The average Bonchev–Trinajstić information content (AvgIpc) is 3.10. The van der Waals surface area contributed by atoms with Crippen molar-refractivity contribution in [2.45, 2.75) is 37.9 Å². The highest BCUT2D eigenvalue weighted by atomic mass is 32.1. The van der Waals surface area contributed by atoms with Crippen molar-refractivity contribution >= 4 is 17.2 Å². The molecule has 0 aromatic carbocycles. The van der Waals surface area contributed by atoms with Gasteiger partial charge in [-0.3, -0.25) is 9.69 Å². The number of hydrogen-bond donors (Lipinski definition) is 2. The van der Waals surface area contributed by atoms with Crippen molar-refractivity contribution in [3.63, 3.8) is 0 Å². The highest BCUT2D eigenvalue weighted by molar-refractivity contribution is 7.07. The Labute approximate surface area is 112 Å². The minimum atomic E-state index is 0.0708. The lowest BCUT2D eigenvalue weighted by Crippen LogP contribution is -2.44. The zero-order valence-corrected chi connectivity index (χ0v) is 11.6. The quantitative estimate of drug-likeness (QED) is 0.780. The number of nitrogens with one attached hydrogen (secondary N) is 1. The van der Waals surface area contributed by atoms with Crippen molar-refractivity contribution < 1.29 is 4.79 Å². The second kappa shape index (κ2) is 6.31. The molecular weight excluding hydrogens is 246 g/mol. The van der Waals surface area contributed by atoms with Gasteiger partial charge in [0.15, 0.2) is 0 Å². The predicted octanol–water partition coefficient (Wildman–Crippen LogP) is 1.18. The van der Waals surface area contributed by atoms with Crippen LogP contribution in [0.3, 0.4) is 0 Å². The van der Waals surface area contributed by atoms with E-state index in [0.29, 0.717) is 19.0 Å². The monoisotopic (exact) mass is 267 g/mol. The molecule has 1 amide bonds. The van der Waals surface area contributed by atoms with Crippen LogP contribution in [-0.4, -0.2) is 36.5 Å². The van der Waals surface area contributed by atoms with Gasteiger partial charge in [0.1, 0.15) is 0 Å². The molecule has 1 saturated carbocycles. The lowest BCUT2D eigenvalue weighted by Gasteiger charge is -2.30. The largest absolute Gasteiger partial charge is 0.359 e. The summed E-state index contributed by atoms with van der Waals surface area (Å²) in [7, 11) is 1.68. The van der Waals surface area contributed by atoms with E-state index < -0.39 is 0 Å². The summed E-state index contributed by atoms with van der Waals surface area (Å²) >= 11 is 1.71. The minimum Gasteiger partial charge on any atom is -0.359 e. The van der Waals surface area contributed by atoms with Crippen LogP contribution in [-0.2, 0) is 11.3 Å². The summed E-state index contributed by atoms with van der Waals surface area (Å²) in [4.78, 5) is 13.9. The van der Waals surface area contributed by atoms with Crippen LogP contribution in [0.15, 0.2) is 16.8 Å². The molecule has 4 nitrogen and oxygen atoms in total. The molecule has 0 aliphatic heterocycles. The van der Waals surface area contributed by atoms with E-state index in [1.165, 1.54) is 18.4 Å². The molecule has 1 aromatic rings. The molecule has 1 aliphatic carbocycles. The van der Waals surface area contributed by atoms with Crippen molar-refractivity contribution in [2.75, 3.05) is 13.6 Å². The number of carbonyl (C=O) groups is 1. The maximum Gasteiger partial charge on any atom is 0.221 e. The van der Waals surface area contributed by atoms with Gasteiger partial charge in [0.05, 0.1) is 0 Å². The van der Waals surface area contributed by atoms with Gasteiger partial charge in [0.25, 0.3) is 0 Å². The fraction of sp³-hybridized carbons (Fsp3) is 0.615. The van der Waals surface area contributed by atoms with Gasteiger partial charge in [-0.2, -0.15) is 11.3 Å². The standard InChI is InChI=1S/C13H21N3OS/c1-15-13(17)6-12(7-14)16(11-2-3-11)8-10-4-5-18-9-10/h4-5,9,11-12H,2-3,6-8,14H2,1H3,(H,15,17). The summed E-state index contributed by atoms with van der Waals surface area (Å²) in [6.45, 7) is 1.45. The van der Waals surface area contributed by atoms with Crippen molar-refractivity contribution in [1.29, 1.82) is 0 Å². The molecular formula is C13H21N3OS. The first-order valence-electron chi connectivity index (χ1n) is 6.42. The van der Waals surface area contributed by atoms with Crippen LogP contribution in [0.4, 0.5) is 0 Å². The second-order valence-corrected chi connectivity index (χ2v) is 5.58. The molecule has 1 aliphatic rings. The Morgan fingerprint density at radius 1 is 1.67 bits per heavy atom.